The maximum Gasteiger partial charge on any atom is 0.261 e. The lowest BCUT2D eigenvalue weighted by atomic mass is 9.89. The molecule has 1 aromatic carbocycles. The van der Waals surface area contributed by atoms with Gasteiger partial charge in [0.15, 0.2) is 5.16 Å². The number of hydrogen-bond donors (Lipinski definition) is 1. The normalized spacial score (nSPS) is 18.2. The van der Waals surface area contributed by atoms with Crippen molar-refractivity contribution in [3.63, 3.8) is 0 Å². The Labute approximate surface area is 181 Å². The van der Waals surface area contributed by atoms with E-state index in [2.05, 4.69) is 16.9 Å². The fourth-order valence-corrected chi connectivity index (χ4v) is 6.46. The first kappa shape index (κ1) is 19.5. The van der Waals surface area contributed by atoms with E-state index in [9.17, 15) is 14.4 Å². The number of fused-ring (bicyclic) bond motifs is 4. The van der Waals surface area contributed by atoms with Crippen molar-refractivity contribution in [1.29, 1.82) is 0 Å². The van der Waals surface area contributed by atoms with Gasteiger partial charge < -0.3 is 4.98 Å². The van der Waals surface area contributed by atoms with Crippen LogP contribution >= 0.6 is 23.1 Å². The van der Waals surface area contributed by atoms with Crippen LogP contribution in [0.4, 0.5) is 0 Å². The average molecular weight is 440 g/mol. The average Bonchev–Trinajstić information content (AvgIpc) is 3.21. The van der Waals surface area contributed by atoms with Crippen LogP contribution in [-0.2, 0) is 12.8 Å². The van der Waals surface area contributed by atoms with Crippen molar-refractivity contribution < 1.29 is 9.59 Å². The van der Waals surface area contributed by atoms with Crippen molar-refractivity contribution in [2.75, 3.05) is 12.3 Å². The van der Waals surface area contributed by atoms with Crippen molar-refractivity contribution in [3.8, 4) is 0 Å². The number of carbonyl (C=O) groups excluding carboxylic acids is 2. The second-order valence-electron chi connectivity index (χ2n) is 7.91. The molecular formula is C22H21N3O3S2. The number of thioether (sulfide) groups is 1. The van der Waals surface area contributed by atoms with Gasteiger partial charge in [0.25, 0.3) is 17.4 Å². The lowest BCUT2D eigenvalue weighted by Gasteiger charge is -2.17. The Morgan fingerprint density at radius 2 is 1.93 bits per heavy atom. The first-order valence-corrected chi connectivity index (χ1v) is 12.0. The zero-order valence-electron chi connectivity index (χ0n) is 16.6. The maximum atomic E-state index is 12.7. The Hall–Kier alpha value is -2.45. The fraction of sp³-hybridized carbons (Fsp3) is 0.364. The van der Waals surface area contributed by atoms with Crippen molar-refractivity contribution >= 4 is 45.1 Å². The highest BCUT2D eigenvalue weighted by Gasteiger charge is 2.34. The summed E-state index contributed by atoms with van der Waals surface area (Å²) in [5.74, 6) is 0.851. The third-order valence-corrected chi connectivity index (χ3v) is 7.89. The Morgan fingerprint density at radius 1 is 1.20 bits per heavy atom. The van der Waals surface area contributed by atoms with Gasteiger partial charge in [-0.15, -0.1) is 11.3 Å². The number of amides is 2. The van der Waals surface area contributed by atoms with Gasteiger partial charge in [-0.25, -0.2) is 4.98 Å². The number of nitrogens with one attached hydrogen (secondary N) is 1. The number of aryl methyl sites for hydroxylation is 1. The molecule has 154 valence electrons. The minimum atomic E-state index is -0.230. The second-order valence-corrected chi connectivity index (χ2v) is 10.1. The molecule has 30 heavy (non-hydrogen) atoms. The zero-order valence-corrected chi connectivity index (χ0v) is 18.2. The summed E-state index contributed by atoms with van der Waals surface area (Å²) in [4.78, 5) is 48.5. The van der Waals surface area contributed by atoms with E-state index in [0.717, 1.165) is 29.5 Å². The molecule has 2 aliphatic rings. The number of nitrogens with zero attached hydrogens (tertiary/aromatic N) is 2. The van der Waals surface area contributed by atoms with Crippen LogP contribution in [0.3, 0.4) is 0 Å². The summed E-state index contributed by atoms with van der Waals surface area (Å²) in [5, 5.41) is 1.36. The molecule has 8 heteroatoms. The van der Waals surface area contributed by atoms with Crippen LogP contribution in [-0.4, -0.2) is 39.0 Å². The third-order valence-electron chi connectivity index (χ3n) is 5.79. The SMILES string of the molecule is CC1CCc2c(sc3nc(SCCCN4C(=O)c5ccccc5C4=O)[nH]c(=O)c23)C1. The number of rotatable bonds is 5. The van der Waals surface area contributed by atoms with E-state index in [1.807, 2.05) is 0 Å². The maximum absolute atomic E-state index is 12.7. The Morgan fingerprint density at radius 3 is 2.67 bits per heavy atom. The fourth-order valence-electron chi connectivity index (χ4n) is 4.23. The monoisotopic (exact) mass is 439 g/mol. The van der Waals surface area contributed by atoms with Crippen LogP contribution < -0.4 is 5.56 Å². The Kier molecular flexibility index (Phi) is 4.99. The molecule has 3 heterocycles. The molecule has 1 atom stereocenters. The van der Waals surface area contributed by atoms with Crippen LogP contribution in [0.1, 0.15) is 50.9 Å². The van der Waals surface area contributed by atoms with Gasteiger partial charge in [-0.2, -0.15) is 0 Å². The molecule has 1 aliphatic carbocycles. The van der Waals surface area contributed by atoms with Crippen LogP contribution in [0, 0.1) is 5.92 Å². The van der Waals surface area contributed by atoms with Crippen molar-refractivity contribution in [2.45, 2.75) is 37.8 Å². The molecule has 0 bridgehead atoms. The number of H-pyrrole nitrogens is 1. The number of thiophene rings is 1. The van der Waals surface area contributed by atoms with Crippen molar-refractivity contribution in [1.82, 2.24) is 14.9 Å². The van der Waals surface area contributed by atoms with Crippen molar-refractivity contribution in [3.05, 3.63) is 56.2 Å². The molecule has 0 radical (unpaired) electrons. The van der Waals surface area contributed by atoms with Gasteiger partial charge in [0, 0.05) is 17.2 Å². The smallest absolute Gasteiger partial charge is 0.261 e. The van der Waals surface area contributed by atoms with Crippen LogP contribution in [0.2, 0.25) is 0 Å². The Bertz CT molecular complexity index is 1200. The van der Waals surface area contributed by atoms with E-state index in [1.165, 1.54) is 27.1 Å². The van der Waals surface area contributed by atoms with Crippen LogP contribution in [0.25, 0.3) is 10.2 Å². The zero-order chi connectivity index (χ0) is 20.8. The van der Waals surface area contributed by atoms with Gasteiger partial charge in [-0.1, -0.05) is 30.8 Å². The van der Waals surface area contributed by atoms with Gasteiger partial charge in [0.1, 0.15) is 4.83 Å². The topological polar surface area (TPSA) is 83.1 Å². The molecule has 0 spiro atoms. The summed E-state index contributed by atoms with van der Waals surface area (Å²) in [6, 6.07) is 6.92. The van der Waals surface area contributed by atoms with Crippen LogP contribution in [0.15, 0.2) is 34.2 Å². The van der Waals surface area contributed by atoms with Gasteiger partial charge in [-0.3, -0.25) is 19.3 Å². The predicted molar refractivity (Wildman–Crippen MR) is 119 cm³/mol. The van der Waals surface area contributed by atoms with Gasteiger partial charge in [0.2, 0.25) is 0 Å². The molecule has 6 nitrogen and oxygen atoms in total. The lowest BCUT2D eigenvalue weighted by molar-refractivity contribution is 0.0655. The van der Waals surface area contributed by atoms with E-state index in [-0.39, 0.29) is 17.4 Å². The molecule has 2 amide bonds. The van der Waals surface area contributed by atoms with Crippen LogP contribution in [0.5, 0.6) is 0 Å². The summed E-state index contributed by atoms with van der Waals surface area (Å²) >= 11 is 3.10. The minimum absolute atomic E-state index is 0.0603. The predicted octanol–water partition coefficient (Wildman–Crippen LogP) is 3.89. The van der Waals surface area contributed by atoms with Gasteiger partial charge >= 0.3 is 0 Å². The summed E-state index contributed by atoms with van der Waals surface area (Å²) < 4.78 is 0. The number of benzene rings is 1. The highest BCUT2D eigenvalue weighted by molar-refractivity contribution is 7.99. The molecule has 1 unspecified atom stereocenters. The molecule has 0 saturated carbocycles. The molecule has 1 aliphatic heterocycles. The van der Waals surface area contributed by atoms with Gasteiger partial charge in [-0.05, 0) is 49.3 Å². The molecule has 0 saturated heterocycles. The minimum Gasteiger partial charge on any atom is -0.301 e. The number of hydrogen-bond acceptors (Lipinski definition) is 6. The first-order valence-electron chi connectivity index (χ1n) is 10.2. The summed E-state index contributed by atoms with van der Waals surface area (Å²) in [5.41, 5.74) is 2.07. The highest BCUT2D eigenvalue weighted by Crippen LogP contribution is 2.36. The standard InChI is InChI=1S/C22H21N3O3S2/c1-12-7-8-15-16(11-12)30-19-17(15)18(26)23-22(24-19)29-10-4-9-25-20(27)13-5-2-3-6-14(13)21(25)28/h2-3,5-6,12H,4,7-11H2,1H3,(H,23,24,26). The Balaban J connectivity index is 1.25. The van der Waals surface area contributed by atoms with E-state index < -0.39 is 0 Å². The highest BCUT2D eigenvalue weighted by atomic mass is 32.2. The number of aromatic amines is 1. The summed E-state index contributed by atoms with van der Waals surface area (Å²) in [7, 11) is 0. The van der Waals surface area contributed by atoms with E-state index >= 15 is 0 Å². The summed E-state index contributed by atoms with van der Waals surface area (Å²) in [6.45, 7) is 2.61. The lowest BCUT2D eigenvalue weighted by Crippen LogP contribution is -2.31. The molecular weight excluding hydrogens is 418 g/mol. The number of imide groups is 1. The molecule has 5 rings (SSSR count). The molecule has 1 N–H and O–H groups in total. The largest absolute Gasteiger partial charge is 0.301 e. The molecule has 3 aromatic rings. The summed E-state index contributed by atoms with van der Waals surface area (Å²) in [6.07, 6.45) is 3.73. The third kappa shape index (κ3) is 3.28. The van der Waals surface area contributed by atoms with E-state index in [4.69, 9.17) is 0 Å². The van der Waals surface area contributed by atoms with Gasteiger partial charge in [0.05, 0.1) is 16.5 Å². The molecule has 0 fully saturated rings. The first-order chi connectivity index (χ1) is 14.5. The number of carbonyl (C=O) groups is 2. The second kappa shape index (κ2) is 7.67. The van der Waals surface area contributed by atoms with E-state index in [1.54, 1.807) is 35.6 Å². The van der Waals surface area contributed by atoms with E-state index in [0.29, 0.717) is 40.9 Å². The number of aromatic nitrogens is 2. The molecule has 2 aromatic heterocycles. The van der Waals surface area contributed by atoms with Crippen molar-refractivity contribution in [2.24, 2.45) is 5.92 Å². The quantitative estimate of drug-likeness (QED) is 0.282.